The molecule has 5 heteroatoms. The van der Waals surface area contributed by atoms with E-state index in [1.807, 2.05) is 6.07 Å². The van der Waals surface area contributed by atoms with Gasteiger partial charge in [-0.1, -0.05) is 0 Å². The van der Waals surface area contributed by atoms with E-state index in [4.69, 9.17) is 0 Å². The van der Waals surface area contributed by atoms with Gasteiger partial charge < -0.3 is 9.88 Å². The lowest BCUT2D eigenvalue weighted by Gasteiger charge is -2.16. The lowest BCUT2D eigenvalue weighted by molar-refractivity contribution is 0.0620. The highest BCUT2D eigenvalue weighted by Gasteiger charge is 2.15. The van der Waals surface area contributed by atoms with Gasteiger partial charge in [0.15, 0.2) is 0 Å². The first kappa shape index (κ1) is 11.6. The van der Waals surface area contributed by atoms with Gasteiger partial charge in [-0.2, -0.15) is 0 Å². The van der Waals surface area contributed by atoms with Gasteiger partial charge in [0.05, 0.1) is 6.54 Å². The molecular weight excluding hydrogens is 226 g/mol. The molecule has 1 amide bonds. The second kappa shape index (κ2) is 4.53. The molecule has 1 heterocycles. The Kier molecular flexibility index (Phi) is 3.08. The monoisotopic (exact) mass is 238 g/mol. The molecule has 2 aromatic rings. The minimum absolute atomic E-state index is 0.395. The van der Waals surface area contributed by atoms with Crippen molar-refractivity contribution in [3.63, 3.8) is 0 Å². The lowest BCUT2D eigenvalue weighted by atomic mass is 10.1. The fraction of sp³-hybridized carbons (Fsp3) is 0.250. The average molecular weight is 238 g/mol. The maximum absolute atomic E-state index is 12.2. The number of rotatable bonds is 3. The molecule has 0 fully saturated rings. The third-order valence-electron chi connectivity index (χ3n) is 2.56. The number of nitrogens with one attached hydrogen (secondary N) is 1. The summed E-state index contributed by atoms with van der Waals surface area (Å²) in [5.41, 5.74) is 1.33. The van der Waals surface area contributed by atoms with Gasteiger partial charge in [-0.05, 0) is 24.3 Å². The van der Waals surface area contributed by atoms with E-state index in [1.165, 1.54) is 7.05 Å². The van der Waals surface area contributed by atoms with Crippen molar-refractivity contribution < 1.29 is 13.6 Å². The van der Waals surface area contributed by atoms with Crippen LogP contribution in [0, 0.1) is 0 Å². The summed E-state index contributed by atoms with van der Waals surface area (Å²) in [6, 6.07) is 6.91. The van der Waals surface area contributed by atoms with E-state index < -0.39 is 18.9 Å². The lowest BCUT2D eigenvalue weighted by Crippen LogP contribution is -2.31. The minimum Gasteiger partial charge on any atom is -0.361 e. The van der Waals surface area contributed by atoms with E-state index >= 15 is 0 Å². The molecule has 0 aliphatic rings. The number of aromatic nitrogens is 1. The molecule has 0 bridgehead atoms. The van der Waals surface area contributed by atoms with Crippen molar-refractivity contribution in [2.24, 2.45) is 0 Å². The number of hydrogen-bond acceptors (Lipinski definition) is 1. The Labute approximate surface area is 97.0 Å². The third kappa shape index (κ3) is 2.43. The largest absolute Gasteiger partial charge is 0.361 e. The quantitative estimate of drug-likeness (QED) is 0.876. The second-order valence-corrected chi connectivity index (χ2v) is 3.86. The van der Waals surface area contributed by atoms with E-state index in [9.17, 15) is 13.6 Å². The van der Waals surface area contributed by atoms with Gasteiger partial charge in [0, 0.05) is 29.7 Å². The molecule has 0 atom stereocenters. The summed E-state index contributed by atoms with van der Waals surface area (Å²) in [7, 11) is 1.37. The molecule has 0 aliphatic carbocycles. The van der Waals surface area contributed by atoms with Crippen LogP contribution >= 0.6 is 0 Å². The maximum Gasteiger partial charge on any atom is 0.255 e. The molecule has 17 heavy (non-hydrogen) atoms. The topological polar surface area (TPSA) is 36.1 Å². The zero-order valence-electron chi connectivity index (χ0n) is 9.28. The van der Waals surface area contributed by atoms with Gasteiger partial charge in [0.2, 0.25) is 0 Å². The van der Waals surface area contributed by atoms with Crippen molar-refractivity contribution in [2.45, 2.75) is 6.43 Å². The molecule has 0 aliphatic heterocycles. The fourth-order valence-corrected chi connectivity index (χ4v) is 1.70. The van der Waals surface area contributed by atoms with E-state index in [-0.39, 0.29) is 0 Å². The van der Waals surface area contributed by atoms with E-state index in [0.29, 0.717) is 5.56 Å². The number of hydrogen-bond donors (Lipinski definition) is 1. The summed E-state index contributed by atoms with van der Waals surface area (Å²) in [5, 5.41) is 0.890. The van der Waals surface area contributed by atoms with Gasteiger partial charge in [-0.25, -0.2) is 8.78 Å². The van der Waals surface area contributed by atoms with Crippen LogP contribution in [0.25, 0.3) is 10.9 Å². The number of halogens is 2. The fourth-order valence-electron chi connectivity index (χ4n) is 1.70. The zero-order valence-corrected chi connectivity index (χ0v) is 9.28. The Bertz CT molecular complexity index is 536. The summed E-state index contributed by atoms with van der Waals surface area (Å²) in [5.74, 6) is -0.395. The Balaban J connectivity index is 2.23. The number of aromatic amines is 1. The van der Waals surface area contributed by atoms with Gasteiger partial charge in [0.1, 0.15) is 0 Å². The van der Waals surface area contributed by atoms with Crippen LogP contribution in [0.15, 0.2) is 30.5 Å². The van der Waals surface area contributed by atoms with Crippen molar-refractivity contribution in [2.75, 3.05) is 13.6 Å². The van der Waals surface area contributed by atoms with Gasteiger partial charge in [0.25, 0.3) is 12.3 Å². The molecule has 1 aromatic carbocycles. The molecule has 0 spiro atoms. The number of benzene rings is 1. The number of carbonyl (C=O) groups is 1. The smallest absolute Gasteiger partial charge is 0.255 e. The Morgan fingerprint density at radius 2 is 2.18 bits per heavy atom. The summed E-state index contributed by atoms with van der Waals surface area (Å²) < 4.78 is 24.3. The summed E-state index contributed by atoms with van der Waals surface area (Å²) in [6.45, 7) is -0.552. The number of nitrogens with zero attached hydrogens (tertiary/aromatic N) is 1. The molecular formula is C12H12F2N2O. The van der Waals surface area contributed by atoms with Gasteiger partial charge >= 0.3 is 0 Å². The molecule has 2 rings (SSSR count). The highest BCUT2D eigenvalue weighted by Crippen LogP contribution is 2.15. The molecule has 0 saturated carbocycles. The number of carbonyl (C=O) groups excluding carboxylic acids is 1. The van der Waals surface area contributed by atoms with E-state index in [1.54, 1.807) is 24.4 Å². The first-order chi connectivity index (χ1) is 8.08. The van der Waals surface area contributed by atoms with Crippen molar-refractivity contribution in [3.05, 3.63) is 36.0 Å². The standard InChI is InChI=1S/C12H12F2N2O/c1-16(7-11(13)14)12(17)9-2-3-10-8(6-9)4-5-15-10/h2-6,11,15H,7H2,1H3. The molecule has 90 valence electrons. The van der Waals surface area contributed by atoms with Crippen LogP contribution in [0.1, 0.15) is 10.4 Å². The number of H-pyrrole nitrogens is 1. The van der Waals surface area contributed by atoms with Gasteiger partial charge in [-0.3, -0.25) is 4.79 Å². The van der Waals surface area contributed by atoms with E-state index in [0.717, 1.165) is 15.8 Å². The first-order valence-electron chi connectivity index (χ1n) is 5.18. The van der Waals surface area contributed by atoms with Crippen molar-refractivity contribution in [1.29, 1.82) is 0 Å². The van der Waals surface area contributed by atoms with Crippen LogP contribution in [0.3, 0.4) is 0 Å². The van der Waals surface area contributed by atoms with Crippen LogP contribution in [-0.2, 0) is 0 Å². The molecule has 0 radical (unpaired) electrons. The second-order valence-electron chi connectivity index (χ2n) is 3.86. The third-order valence-corrected chi connectivity index (χ3v) is 2.56. The summed E-state index contributed by atoms with van der Waals surface area (Å²) >= 11 is 0. The number of amides is 1. The van der Waals surface area contributed by atoms with Crippen LogP contribution in [-0.4, -0.2) is 35.8 Å². The van der Waals surface area contributed by atoms with Crippen molar-refractivity contribution in [3.8, 4) is 0 Å². The van der Waals surface area contributed by atoms with Crippen LogP contribution < -0.4 is 0 Å². The predicted molar refractivity (Wildman–Crippen MR) is 61.3 cm³/mol. The number of fused-ring (bicyclic) bond motifs is 1. The molecule has 3 nitrogen and oxygen atoms in total. The number of alkyl halides is 2. The average Bonchev–Trinajstić information content (AvgIpc) is 2.73. The van der Waals surface area contributed by atoms with Gasteiger partial charge in [-0.15, -0.1) is 0 Å². The molecule has 0 unspecified atom stereocenters. The molecule has 1 N–H and O–H groups in total. The first-order valence-corrected chi connectivity index (χ1v) is 5.18. The summed E-state index contributed by atoms with van der Waals surface area (Å²) in [4.78, 5) is 15.9. The highest BCUT2D eigenvalue weighted by molar-refractivity contribution is 5.97. The van der Waals surface area contributed by atoms with Crippen molar-refractivity contribution in [1.82, 2.24) is 9.88 Å². The van der Waals surface area contributed by atoms with Crippen LogP contribution in [0.4, 0.5) is 8.78 Å². The zero-order chi connectivity index (χ0) is 12.4. The molecule has 0 saturated heterocycles. The minimum atomic E-state index is -2.51. The summed E-state index contributed by atoms with van der Waals surface area (Å²) in [6.07, 6.45) is -0.748. The Morgan fingerprint density at radius 3 is 2.88 bits per heavy atom. The van der Waals surface area contributed by atoms with Crippen LogP contribution in [0.5, 0.6) is 0 Å². The SMILES string of the molecule is CN(CC(F)F)C(=O)c1ccc2[nH]ccc2c1. The van der Waals surface area contributed by atoms with Crippen molar-refractivity contribution >= 4 is 16.8 Å². The maximum atomic E-state index is 12.2. The van der Waals surface area contributed by atoms with E-state index in [2.05, 4.69) is 4.98 Å². The predicted octanol–water partition coefficient (Wildman–Crippen LogP) is 2.51. The highest BCUT2D eigenvalue weighted by atomic mass is 19.3. The van der Waals surface area contributed by atoms with Crippen LogP contribution in [0.2, 0.25) is 0 Å². The molecule has 1 aromatic heterocycles. The normalized spacial score (nSPS) is 11.1. The Hall–Kier alpha value is -1.91. The Morgan fingerprint density at radius 1 is 1.41 bits per heavy atom.